The van der Waals surface area contributed by atoms with Gasteiger partial charge < -0.3 is 10.4 Å². The molecule has 0 aromatic heterocycles. The first-order valence-electron chi connectivity index (χ1n) is 7.32. The first-order chi connectivity index (χ1) is 8.41. The molecular formula is C15H31NO2. The summed E-state index contributed by atoms with van der Waals surface area (Å²) in [5, 5.41) is 12.1. The van der Waals surface area contributed by atoms with Crippen molar-refractivity contribution in [2.45, 2.75) is 78.7 Å². The normalized spacial score (nSPS) is 13.4. The van der Waals surface area contributed by atoms with Crippen molar-refractivity contribution in [2.24, 2.45) is 5.41 Å². The van der Waals surface area contributed by atoms with Gasteiger partial charge in [0.05, 0.1) is 0 Å². The van der Waals surface area contributed by atoms with Gasteiger partial charge in [0.25, 0.3) is 0 Å². The predicted molar refractivity (Wildman–Crippen MR) is 76.5 cm³/mol. The zero-order valence-electron chi connectivity index (χ0n) is 12.6. The predicted octanol–water partition coefficient (Wildman–Crippen LogP) is 3.26. The average Bonchev–Trinajstić information content (AvgIpc) is 2.27. The van der Waals surface area contributed by atoms with Crippen LogP contribution < -0.4 is 5.32 Å². The van der Waals surface area contributed by atoms with Crippen molar-refractivity contribution in [2.75, 3.05) is 6.61 Å². The molecule has 0 aromatic rings. The number of aliphatic hydroxyl groups is 1. The summed E-state index contributed by atoms with van der Waals surface area (Å²) in [4.78, 5) is 11.8. The maximum absolute atomic E-state index is 11.8. The monoisotopic (exact) mass is 257 g/mol. The van der Waals surface area contributed by atoms with Gasteiger partial charge in [0.15, 0.2) is 0 Å². The van der Waals surface area contributed by atoms with Crippen LogP contribution in [0.5, 0.6) is 0 Å². The highest BCUT2D eigenvalue weighted by Gasteiger charge is 2.25. The molecule has 0 radical (unpaired) electrons. The Labute approximate surface area is 112 Å². The van der Waals surface area contributed by atoms with Crippen molar-refractivity contribution in [1.82, 2.24) is 5.32 Å². The van der Waals surface area contributed by atoms with Gasteiger partial charge in [-0.1, -0.05) is 53.4 Å². The number of aliphatic hydroxyl groups excluding tert-OH is 1. The lowest BCUT2D eigenvalue weighted by molar-refractivity contribution is -0.122. The molecule has 3 nitrogen and oxygen atoms in total. The molecule has 108 valence electrons. The van der Waals surface area contributed by atoms with E-state index in [1.54, 1.807) is 0 Å². The minimum Gasteiger partial charge on any atom is -0.396 e. The van der Waals surface area contributed by atoms with E-state index in [9.17, 15) is 4.79 Å². The number of rotatable bonds is 9. The van der Waals surface area contributed by atoms with Gasteiger partial charge in [0, 0.05) is 19.1 Å². The zero-order chi connectivity index (χ0) is 14.0. The summed E-state index contributed by atoms with van der Waals surface area (Å²) >= 11 is 0. The fraction of sp³-hybridized carbons (Fsp3) is 0.933. The van der Waals surface area contributed by atoms with E-state index in [1.807, 2.05) is 0 Å². The van der Waals surface area contributed by atoms with E-state index in [2.05, 4.69) is 33.0 Å². The van der Waals surface area contributed by atoms with Crippen molar-refractivity contribution >= 4 is 5.91 Å². The molecule has 2 N–H and O–H groups in total. The highest BCUT2D eigenvalue weighted by Crippen LogP contribution is 2.21. The Bertz CT molecular complexity index is 221. The molecule has 0 aliphatic carbocycles. The van der Waals surface area contributed by atoms with Crippen LogP contribution in [0.1, 0.15) is 72.6 Å². The van der Waals surface area contributed by atoms with E-state index in [4.69, 9.17) is 5.11 Å². The van der Waals surface area contributed by atoms with E-state index < -0.39 is 0 Å². The van der Waals surface area contributed by atoms with Gasteiger partial charge in [-0.15, -0.1) is 0 Å². The Morgan fingerprint density at radius 2 is 1.78 bits per heavy atom. The smallest absolute Gasteiger partial charge is 0.220 e. The highest BCUT2D eigenvalue weighted by molar-refractivity contribution is 5.76. The van der Waals surface area contributed by atoms with Crippen LogP contribution in [-0.4, -0.2) is 23.7 Å². The van der Waals surface area contributed by atoms with Gasteiger partial charge in [-0.2, -0.15) is 0 Å². The third kappa shape index (κ3) is 8.51. The lowest BCUT2D eigenvalue weighted by atomic mass is 9.85. The quantitative estimate of drug-likeness (QED) is 0.623. The molecule has 0 spiro atoms. The topological polar surface area (TPSA) is 49.3 Å². The van der Waals surface area contributed by atoms with Crippen LogP contribution >= 0.6 is 0 Å². The van der Waals surface area contributed by atoms with Crippen LogP contribution in [0.3, 0.4) is 0 Å². The summed E-state index contributed by atoms with van der Waals surface area (Å²) in [7, 11) is 0. The largest absolute Gasteiger partial charge is 0.396 e. The average molecular weight is 257 g/mol. The van der Waals surface area contributed by atoms with Gasteiger partial charge in [-0.05, 0) is 18.3 Å². The summed E-state index contributed by atoms with van der Waals surface area (Å²) in [6.07, 6.45) is 7.07. The van der Waals surface area contributed by atoms with Crippen LogP contribution in [0.2, 0.25) is 0 Å². The minimum atomic E-state index is 0.000596. The van der Waals surface area contributed by atoms with E-state index in [0.717, 1.165) is 12.8 Å². The molecule has 0 aromatic carbocycles. The Morgan fingerprint density at radius 3 is 2.28 bits per heavy atom. The van der Waals surface area contributed by atoms with Crippen molar-refractivity contribution in [3.8, 4) is 0 Å². The second kappa shape index (κ2) is 9.37. The fourth-order valence-electron chi connectivity index (χ4n) is 2.01. The second-order valence-electron chi connectivity index (χ2n) is 6.16. The summed E-state index contributed by atoms with van der Waals surface area (Å²) < 4.78 is 0. The molecule has 0 aliphatic rings. The Hall–Kier alpha value is -0.570. The number of unbranched alkanes of at least 4 members (excludes halogenated alkanes) is 4. The van der Waals surface area contributed by atoms with Crippen LogP contribution in [0.15, 0.2) is 0 Å². The molecule has 0 fully saturated rings. The first-order valence-corrected chi connectivity index (χ1v) is 7.32. The number of carbonyl (C=O) groups excluding carboxylic acids is 1. The van der Waals surface area contributed by atoms with Crippen molar-refractivity contribution < 1.29 is 9.90 Å². The molecule has 0 saturated carbocycles. The molecule has 0 rings (SSSR count). The Morgan fingerprint density at radius 1 is 1.17 bits per heavy atom. The van der Waals surface area contributed by atoms with E-state index in [1.165, 1.54) is 19.3 Å². The van der Waals surface area contributed by atoms with Crippen LogP contribution in [0.4, 0.5) is 0 Å². The van der Waals surface area contributed by atoms with Crippen molar-refractivity contribution in [1.29, 1.82) is 0 Å². The molecule has 0 aliphatic heterocycles. The number of amides is 1. The Balaban J connectivity index is 3.89. The van der Waals surface area contributed by atoms with Crippen molar-refractivity contribution in [3.05, 3.63) is 0 Å². The third-order valence-corrected chi connectivity index (χ3v) is 3.31. The molecule has 1 amide bonds. The number of hydrogen-bond donors (Lipinski definition) is 2. The standard InChI is InChI=1S/C15H31NO2/c1-5-6-7-8-9-10-14(18)16-13(11-12-17)15(2,3)4/h13,17H,5-12H2,1-4H3,(H,16,18). The Kier molecular flexibility index (Phi) is 9.08. The van der Waals surface area contributed by atoms with Gasteiger partial charge in [-0.25, -0.2) is 0 Å². The molecule has 0 bridgehead atoms. The minimum absolute atomic E-state index is 0.000596. The molecule has 0 saturated heterocycles. The first kappa shape index (κ1) is 17.4. The van der Waals surface area contributed by atoms with Gasteiger partial charge in [-0.3, -0.25) is 4.79 Å². The SMILES string of the molecule is CCCCCCCC(=O)NC(CCO)C(C)(C)C. The van der Waals surface area contributed by atoms with Crippen LogP contribution in [0, 0.1) is 5.41 Å². The summed E-state index contributed by atoms with van der Waals surface area (Å²) in [5.74, 6) is 0.125. The maximum Gasteiger partial charge on any atom is 0.220 e. The molecule has 1 unspecified atom stereocenters. The number of hydrogen-bond acceptors (Lipinski definition) is 2. The summed E-state index contributed by atoms with van der Waals surface area (Å²) in [6, 6.07) is 0.0608. The number of nitrogens with one attached hydrogen (secondary N) is 1. The molecule has 1 atom stereocenters. The van der Waals surface area contributed by atoms with E-state index >= 15 is 0 Å². The van der Waals surface area contributed by atoms with Gasteiger partial charge >= 0.3 is 0 Å². The van der Waals surface area contributed by atoms with Gasteiger partial charge in [0.2, 0.25) is 5.91 Å². The lowest BCUT2D eigenvalue weighted by Gasteiger charge is -2.31. The van der Waals surface area contributed by atoms with Gasteiger partial charge in [0.1, 0.15) is 0 Å². The lowest BCUT2D eigenvalue weighted by Crippen LogP contribution is -2.44. The van der Waals surface area contributed by atoms with Crippen LogP contribution in [0.25, 0.3) is 0 Å². The van der Waals surface area contributed by atoms with Crippen LogP contribution in [-0.2, 0) is 4.79 Å². The van der Waals surface area contributed by atoms with Crippen molar-refractivity contribution in [3.63, 3.8) is 0 Å². The van der Waals surface area contributed by atoms with E-state index in [-0.39, 0.29) is 24.0 Å². The molecule has 0 heterocycles. The molecule has 3 heteroatoms. The molecular weight excluding hydrogens is 226 g/mol. The molecule has 18 heavy (non-hydrogen) atoms. The number of carbonyl (C=O) groups is 1. The zero-order valence-corrected chi connectivity index (χ0v) is 12.6. The fourth-order valence-corrected chi connectivity index (χ4v) is 2.01. The second-order valence-corrected chi connectivity index (χ2v) is 6.16. The summed E-state index contributed by atoms with van der Waals surface area (Å²) in [5.41, 5.74) is 0.000596. The summed E-state index contributed by atoms with van der Waals surface area (Å²) in [6.45, 7) is 8.59. The van der Waals surface area contributed by atoms with E-state index in [0.29, 0.717) is 12.8 Å². The highest BCUT2D eigenvalue weighted by atomic mass is 16.3. The maximum atomic E-state index is 11.8. The third-order valence-electron chi connectivity index (χ3n) is 3.31.